The SMILES string of the molecule is Cc1cc(C(=O)NC2CN(C(=O)OC(C)(C)C)CC(F)(F)C2)ncc1-c1ccc(C[C@H](CC(=O)C2CCC(CNC(=O)OC(C)(C)C)CC2)C(=O)Nc2ccc(-c3nn[nH]n3)cc2)cc1. The topological polar surface area (TPSA) is 210 Å². The van der Waals surface area contributed by atoms with E-state index in [2.05, 4.69) is 41.6 Å². The van der Waals surface area contributed by atoms with Crippen molar-refractivity contribution in [3.63, 3.8) is 0 Å². The molecule has 4 amide bonds. The Labute approximate surface area is 377 Å². The number of likely N-dealkylation sites (tertiary alicyclic amines) is 1. The Kier molecular flexibility index (Phi) is 15.0. The first-order valence-corrected chi connectivity index (χ1v) is 22.0. The van der Waals surface area contributed by atoms with Gasteiger partial charge in [-0.2, -0.15) is 5.21 Å². The molecule has 2 atom stereocenters. The van der Waals surface area contributed by atoms with Gasteiger partial charge in [0.2, 0.25) is 11.7 Å². The Morgan fingerprint density at radius 2 is 1.57 bits per heavy atom. The average Bonchev–Trinajstić information content (AvgIpc) is 3.77. The summed E-state index contributed by atoms with van der Waals surface area (Å²) in [5.74, 6) is -4.38. The number of nitrogens with zero attached hydrogens (tertiary/aromatic N) is 5. The zero-order chi connectivity index (χ0) is 47.1. The third-order valence-electron chi connectivity index (χ3n) is 11.3. The number of halogens is 2. The molecule has 6 rings (SSSR count). The number of alkyl carbamates (subject to hydrolysis) is 1. The minimum Gasteiger partial charge on any atom is -0.444 e. The van der Waals surface area contributed by atoms with E-state index in [0.717, 1.165) is 34.4 Å². The van der Waals surface area contributed by atoms with Crippen molar-refractivity contribution in [3.05, 3.63) is 77.6 Å². The monoisotopic (exact) mass is 899 g/mol. The molecule has 1 unspecified atom stereocenters. The van der Waals surface area contributed by atoms with Crippen LogP contribution in [0.15, 0.2) is 60.8 Å². The summed E-state index contributed by atoms with van der Waals surface area (Å²) in [5, 5.41) is 22.5. The quantitative estimate of drug-likeness (QED) is 0.102. The third kappa shape index (κ3) is 14.1. The molecule has 4 aromatic rings. The standard InChI is InChI=1S/C47H59F2N9O7/c1-28-20-38(42(61)53-36-23-47(48,49)27-58(26-36)44(63)65-46(5,6)7)50-25-37(28)31-12-8-29(9-13-31)21-34(41(60)52-35-18-16-33(17-19-35)40-54-56-57-55-40)22-39(59)32-14-10-30(11-15-32)24-51-43(62)64-45(2,3)4/h8-9,12-13,16-20,25,30,32,34,36H,10-11,14-15,21-24,26-27H2,1-7H3,(H,51,62)(H,52,60)(H,53,61)(H,54,55,56,57)/t30?,32?,34-,36?/m1/s1. The number of aryl methyl sites for hydroxylation is 1. The lowest BCUT2D eigenvalue weighted by Gasteiger charge is -2.38. The van der Waals surface area contributed by atoms with E-state index in [1.165, 1.54) is 0 Å². The van der Waals surface area contributed by atoms with Crippen LogP contribution in [0.3, 0.4) is 0 Å². The van der Waals surface area contributed by atoms with E-state index >= 15 is 0 Å². The van der Waals surface area contributed by atoms with E-state index in [1.807, 2.05) is 52.0 Å². The lowest BCUT2D eigenvalue weighted by molar-refractivity contribution is -0.129. The van der Waals surface area contributed by atoms with Gasteiger partial charge in [0.1, 0.15) is 22.7 Å². The number of H-pyrrole nitrogens is 1. The number of nitrogens with one attached hydrogen (secondary N) is 4. The largest absolute Gasteiger partial charge is 0.444 e. The first-order valence-electron chi connectivity index (χ1n) is 22.0. The number of hydrogen-bond donors (Lipinski definition) is 4. The number of benzene rings is 2. The summed E-state index contributed by atoms with van der Waals surface area (Å²) in [6.45, 7) is 11.7. The molecular formula is C47H59F2N9O7. The van der Waals surface area contributed by atoms with Crippen LogP contribution in [0.1, 0.15) is 102 Å². The number of carbonyl (C=O) groups excluding carboxylic acids is 5. The van der Waals surface area contributed by atoms with Gasteiger partial charge in [-0.1, -0.05) is 24.3 Å². The fourth-order valence-electron chi connectivity index (χ4n) is 8.14. The number of ketones is 1. The predicted octanol–water partition coefficient (Wildman–Crippen LogP) is 7.70. The predicted molar refractivity (Wildman–Crippen MR) is 238 cm³/mol. The first-order chi connectivity index (χ1) is 30.6. The van der Waals surface area contributed by atoms with Crippen molar-refractivity contribution < 1.29 is 42.2 Å². The Balaban J connectivity index is 1.10. The molecule has 1 saturated heterocycles. The van der Waals surface area contributed by atoms with Crippen LogP contribution in [0, 0.1) is 24.7 Å². The molecule has 18 heteroatoms. The number of tetrazole rings is 1. The number of alkyl halides is 2. The second-order valence-corrected chi connectivity index (χ2v) is 19.1. The van der Waals surface area contributed by atoms with Crippen molar-refractivity contribution in [2.24, 2.45) is 17.8 Å². The number of amides is 4. The van der Waals surface area contributed by atoms with Gasteiger partial charge in [-0.3, -0.25) is 19.4 Å². The molecule has 2 aromatic heterocycles. The molecule has 1 aliphatic carbocycles. The highest BCUT2D eigenvalue weighted by Crippen LogP contribution is 2.33. The van der Waals surface area contributed by atoms with Gasteiger partial charge in [0.25, 0.3) is 11.8 Å². The van der Waals surface area contributed by atoms with Crippen LogP contribution in [0.2, 0.25) is 0 Å². The fourth-order valence-corrected chi connectivity index (χ4v) is 8.14. The smallest absolute Gasteiger partial charge is 0.410 e. The molecule has 0 radical (unpaired) electrons. The lowest BCUT2D eigenvalue weighted by Crippen LogP contribution is -2.57. The summed E-state index contributed by atoms with van der Waals surface area (Å²) in [6, 6.07) is 15.1. The van der Waals surface area contributed by atoms with Gasteiger partial charge in [-0.25, -0.2) is 18.4 Å². The molecule has 0 spiro atoms. The van der Waals surface area contributed by atoms with Crippen molar-refractivity contribution in [1.82, 2.24) is 41.1 Å². The molecule has 2 fully saturated rings. The number of aromatic amines is 1. The molecule has 0 bridgehead atoms. The zero-order valence-electron chi connectivity index (χ0n) is 38.0. The van der Waals surface area contributed by atoms with E-state index in [1.54, 1.807) is 57.3 Å². The molecule has 1 aliphatic heterocycles. The van der Waals surface area contributed by atoms with E-state index in [0.29, 0.717) is 42.0 Å². The maximum Gasteiger partial charge on any atom is 0.410 e. The number of Topliss-reactive ketones (excluding diaryl/α,β-unsaturated/α-hetero) is 1. The second-order valence-electron chi connectivity index (χ2n) is 19.1. The van der Waals surface area contributed by atoms with Crippen LogP contribution < -0.4 is 16.0 Å². The van der Waals surface area contributed by atoms with Crippen molar-refractivity contribution in [3.8, 4) is 22.5 Å². The number of piperidine rings is 1. The molecule has 65 heavy (non-hydrogen) atoms. The fraction of sp³-hybridized carbons (Fsp3) is 0.511. The molecule has 16 nitrogen and oxygen atoms in total. The number of anilines is 1. The van der Waals surface area contributed by atoms with Crippen LogP contribution in [0.25, 0.3) is 22.5 Å². The third-order valence-corrected chi connectivity index (χ3v) is 11.3. The van der Waals surface area contributed by atoms with E-state index in [-0.39, 0.29) is 48.6 Å². The van der Waals surface area contributed by atoms with Gasteiger partial charge in [-0.15, -0.1) is 10.2 Å². The van der Waals surface area contributed by atoms with Crippen LogP contribution in [-0.4, -0.2) is 103 Å². The minimum atomic E-state index is -3.22. The summed E-state index contributed by atoms with van der Waals surface area (Å²) < 4.78 is 40.0. The number of pyridine rings is 1. The van der Waals surface area contributed by atoms with Gasteiger partial charge in [0, 0.05) is 60.8 Å². The number of hydrogen-bond acceptors (Lipinski definition) is 11. The number of aromatic nitrogens is 5. The highest BCUT2D eigenvalue weighted by molar-refractivity contribution is 5.96. The average molecular weight is 900 g/mol. The van der Waals surface area contributed by atoms with E-state index < -0.39 is 60.1 Å². The lowest BCUT2D eigenvalue weighted by atomic mass is 9.77. The molecule has 4 N–H and O–H groups in total. The summed E-state index contributed by atoms with van der Waals surface area (Å²) in [5.41, 5.74) is 2.91. The zero-order valence-corrected chi connectivity index (χ0v) is 38.0. The Morgan fingerprint density at radius 1 is 0.908 bits per heavy atom. The van der Waals surface area contributed by atoms with Gasteiger partial charge in [0.15, 0.2) is 0 Å². The maximum atomic E-state index is 14.7. The molecule has 2 aromatic carbocycles. The minimum absolute atomic E-state index is 0.0242. The highest BCUT2D eigenvalue weighted by Gasteiger charge is 2.44. The van der Waals surface area contributed by atoms with Crippen molar-refractivity contribution in [2.45, 2.75) is 117 Å². The van der Waals surface area contributed by atoms with Crippen molar-refractivity contribution >= 4 is 35.5 Å². The van der Waals surface area contributed by atoms with Crippen molar-refractivity contribution in [2.75, 3.05) is 25.0 Å². The maximum absolute atomic E-state index is 14.7. The van der Waals surface area contributed by atoms with E-state index in [4.69, 9.17) is 9.47 Å². The van der Waals surface area contributed by atoms with Gasteiger partial charge in [0.05, 0.1) is 12.6 Å². The van der Waals surface area contributed by atoms with Crippen LogP contribution in [0.4, 0.5) is 24.1 Å². The van der Waals surface area contributed by atoms with Crippen molar-refractivity contribution in [1.29, 1.82) is 0 Å². The van der Waals surface area contributed by atoms with Crippen LogP contribution in [-0.2, 0) is 25.5 Å². The Bertz CT molecular complexity index is 2300. The summed E-state index contributed by atoms with van der Waals surface area (Å²) in [7, 11) is 0. The number of carbonyl (C=O) groups is 5. The first kappa shape index (κ1) is 48.1. The summed E-state index contributed by atoms with van der Waals surface area (Å²) >= 11 is 0. The van der Waals surface area contributed by atoms with Crippen LogP contribution >= 0.6 is 0 Å². The molecule has 1 saturated carbocycles. The molecule has 348 valence electrons. The number of ether oxygens (including phenoxy) is 2. The Morgan fingerprint density at radius 3 is 2.18 bits per heavy atom. The normalized spacial score (nSPS) is 19.1. The van der Waals surface area contributed by atoms with E-state index in [9.17, 15) is 32.8 Å². The van der Waals surface area contributed by atoms with Gasteiger partial charge >= 0.3 is 12.2 Å². The molecular weight excluding hydrogens is 841 g/mol. The van der Waals surface area contributed by atoms with Crippen LogP contribution in [0.5, 0.6) is 0 Å². The number of rotatable bonds is 13. The summed E-state index contributed by atoms with van der Waals surface area (Å²) in [6.07, 6.45) is 2.77. The van der Waals surface area contributed by atoms with Gasteiger partial charge in [-0.05, 0) is 139 Å². The Hall–Kier alpha value is -6.33. The second kappa shape index (κ2) is 20.2. The van der Waals surface area contributed by atoms with Gasteiger partial charge < -0.3 is 30.3 Å². The molecule has 2 aliphatic rings. The summed E-state index contributed by atoms with van der Waals surface area (Å²) in [4.78, 5) is 71.1. The highest BCUT2D eigenvalue weighted by atomic mass is 19.3. The molecule has 3 heterocycles.